The van der Waals surface area contributed by atoms with E-state index in [1.54, 1.807) is 0 Å². The second kappa shape index (κ2) is 8.28. The van der Waals surface area contributed by atoms with E-state index in [0.29, 0.717) is 10.7 Å². The maximum absolute atomic E-state index is 12.6. The molecule has 31 heavy (non-hydrogen) atoms. The maximum atomic E-state index is 12.6. The fraction of sp³-hybridized carbons (Fsp3) is 0.0500. The maximum Gasteiger partial charge on any atom is 0.282 e. The number of aromatic nitrogens is 1. The number of benzene rings is 2. The minimum absolute atomic E-state index is 0.121. The lowest BCUT2D eigenvalue weighted by Crippen LogP contribution is -2.44. The number of nitro benzene ring substituents is 1. The van der Waals surface area contributed by atoms with Crippen LogP contribution in [0.2, 0.25) is 0 Å². The Labute approximate surface area is 188 Å². The topological polar surface area (TPSA) is 132 Å². The molecule has 0 bridgehead atoms. The number of nitro groups is 1. The first-order chi connectivity index (χ1) is 14.8. The highest BCUT2D eigenvalue weighted by molar-refractivity contribution is 9.10. The zero-order valence-electron chi connectivity index (χ0n) is 15.7. The van der Waals surface area contributed by atoms with Gasteiger partial charge in [0.1, 0.15) is 16.3 Å². The Balaban J connectivity index is 1.54. The molecule has 1 amide bonds. The van der Waals surface area contributed by atoms with Crippen LogP contribution in [-0.4, -0.2) is 38.3 Å². The van der Waals surface area contributed by atoms with Gasteiger partial charge in [-0.3, -0.25) is 30.8 Å². The molecule has 0 radical (unpaired) electrons. The van der Waals surface area contributed by atoms with Gasteiger partial charge in [0.2, 0.25) is 0 Å². The molecule has 156 valence electrons. The number of hydrogen-bond acceptors (Lipinski definition) is 7. The summed E-state index contributed by atoms with van der Waals surface area (Å²) in [5.74, 6) is -1.02. The van der Waals surface area contributed by atoms with E-state index < -0.39 is 10.8 Å². The SMILES string of the molecule is N=C1C(c2nc(-c3ccc(Br)cc3)cs2)=C(O)CN1NC(=O)c1ccccc1[N+](=O)[O-]. The van der Waals surface area contributed by atoms with Crippen molar-refractivity contribution in [3.63, 3.8) is 0 Å². The van der Waals surface area contributed by atoms with Gasteiger partial charge in [0.15, 0.2) is 5.84 Å². The Morgan fingerprint density at radius 1 is 1.26 bits per heavy atom. The van der Waals surface area contributed by atoms with Gasteiger partial charge < -0.3 is 5.11 Å². The van der Waals surface area contributed by atoms with Gasteiger partial charge in [-0.25, -0.2) is 4.98 Å². The van der Waals surface area contributed by atoms with Gasteiger partial charge in [0.05, 0.1) is 22.7 Å². The van der Waals surface area contributed by atoms with Crippen molar-refractivity contribution < 1.29 is 14.8 Å². The molecule has 0 saturated carbocycles. The number of hydrogen-bond donors (Lipinski definition) is 3. The van der Waals surface area contributed by atoms with Crippen molar-refractivity contribution in [1.82, 2.24) is 15.4 Å². The second-order valence-corrected chi connectivity index (χ2v) is 8.29. The molecule has 2 heterocycles. The van der Waals surface area contributed by atoms with E-state index in [0.717, 1.165) is 15.0 Å². The minimum atomic E-state index is -0.749. The van der Waals surface area contributed by atoms with Crippen LogP contribution in [0.25, 0.3) is 16.8 Å². The predicted octanol–water partition coefficient (Wildman–Crippen LogP) is 4.39. The van der Waals surface area contributed by atoms with Crippen LogP contribution >= 0.6 is 27.3 Å². The van der Waals surface area contributed by atoms with Gasteiger partial charge in [-0.15, -0.1) is 11.3 Å². The molecule has 0 unspecified atom stereocenters. The number of hydrazine groups is 1. The molecule has 4 rings (SSSR count). The number of nitrogens with one attached hydrogen (secondary N) is 2. The van der Waals surface area contributed by atoms with Crippen molar-refractivity contribution in [3.05, 3.63) is 84.8 Å². The van der Waals surface area contributed by atoms with Gasteiger partial charge in [-0.2, -0.15) is 0 Å². The van der Waals surface area contributed by atoms with Crippen molar-refractivity contribution in [2.45, 2.75) is 0 Å². The van der Waals surface area contributed by atoms with Crippen LogP contribution in [-0.2, 0) is 0 Å². The molecule has 1 aromatic heterocycles. The molecular weight excluding hydrogens is 486 g/mol. The average molecular weight is 500 g/mol. The lowest BCUT2D eigenvalue weighted by atomic mass is 10.2. The number of aliphatic hydroxyl groups is 1. The molecule has 1 aliphatic rings. The smallest absolute Gasteiger partial charge is 0.282 e. The van der Waals surface area contributed by atoms with Crippen molar-refractivity contribution in [2.24, 2.45) is 0 Å². The van der Waals surface area contributed by atoms with Crippen LogP contribution in [0.3, 0.4) is 0 Å². The van der Waals surface area contributed by atoms with E-state index in [1.807, 2.05) is 29.6 Å². The highest BCUT2D eigenvalue weighted by Gasteiger charge is 2.32. The first-order valence-corrected chi connectivity index (χ1v) is 10.6. The third kappa shape index (κ3) is 4.05. The molecule has 0 fully saturated rings. The summed E-state index contributed by atoms with van der Waals surface area (Å²) in [6, 6.07) is 13.1. The van der Waals surface area contributed by atoms with Crippen molar-refractivity contribution >= 4 is 50.3 Å². The summed E-state index contributed by atoms with van der Waals surface area (Å²) < 4.78 is 0.940. The predicted molar refractivity (Wildman–Crippen MR) is 120 cm³/mol. The fourth-order valence-electron chi connectivity index (χ4n) is 3.05. The van der Waals surface area contributed by atoms with E-state index in [9.17, 15) is 20.0 Å². The molecule has 2 aromatic carbocycles. The summed E-state index contributed by atoms with van der Waals surface area (Å²) >= 11 is 4.65. The normalized spacial score (nSPS) is 13.6. The summed E-state index contributed by atoms with van der Waals surface area (Å²) in [5.41, 5.74) is 3.75. The van der Waals surface area contributed by atoms with Crippen LogP contribution in [0.15, 0.2) is 64.1 Å². The van der Waals surface area contributed by atoms with Gasteiger partial charge in [-0.05, 0) is 18.2 Å². The standard InChI is InChI=1S/C20H14BrN5O4S/c21-12-7-5-11(6-8-12)14-10-31-20(23-14)17-16(27)9-25(18(17)22)24-19(28)13-3-1-2-4-15(13)26(29)30/h1-8,10,22,27H,9H2,(H,24,28). The van der Waals surface area contributed by atoms with Crippen molar-refractivity contribution in [2.75, 3.05) is 6.54 Å². The Morgan fingerprint density at radius 2 is 1.97 bits per heavy atom. The van der Waals surface area contributed by atoms with E-state index in [4.69, 9.17) is 5.41 Å². The number of amides is 1. The third-order valence-corrected chi connectivity index (χ3v) is 5.93. The lowest BCUT2D eigenvalue weighted by molar-refractivity contribution is -0.385. The molecule has 0 atom stereocenters. The molecule has 11 heteroatoms. The first-order valence-electron chi connectivity index (χ1n) is 8.90. The number of carbonyl (C=O) groups is 1. The summed E-state index contributed by atoms with van der Waals surface area (Å²) in [6.07, 6.45) is 0. The molecule has 0 spiro atoms. The molecule has 1 aliphatic heterocycles. The number of carbonyl (C=O) groups excluding carboxylic acids is 1. The third-order valence-electron chi connectivity index (χ3n) is 4.54. The van der Waals surface area contributed by atoms with E-state index in [-0.39, 0.29) is 35.0 Å². The molecular formula is C20H14BrN5O4S. The van der Waals surface area contributed by atoms with Gasteiger partial charge in [0.25, 0.3) is 11.6 Å². The Kier molecular flexibility index (Phi) is 5.53. The fourth-order valence-corrected chi connectivity index (χ4v) is 4.21. The Hall–Kier alpha value is -3.57. The van der Waals surface area contributed by atoms with Crippen LogP contribution in [0.4, 0.5) is 5.69 Å². The van der Waals surface area contributed by atoms with Gasteiger partial charge in [-0.1, -0.05) is 40.2 Å². The molecule has 9 nitrogen and oxygen atoms in total. The number of nitrogens with zero attached hydrogens (tertiary/aromatic N) is 3. The second-order valence-electron chi connectivity index (χ2n) is 6.52. The van der Waals surface area contributed by atoms with Gasteiger partial charge >= 0.3 is 0 Å². The zero-order valence-corrected chi connectivity index (χ0v) is 18.1. The highest BCUT2D eigenvalue weighted by Crippen LogP contribution is 2.32. The molecule has 0 saturated heterocycles. The Bertz CT molecular complexity index is 1240. The largest absolute Gasteiger partial charge is 0.509 e. The van der Waals surface area contributed by atoms with E-state index >= 15 is 0 Å². The number of thiazole rings is 1. The van der Waals surface area contributed by atoms with Crippen molar-refractivity contribution in [1.29, 1.82) is 5.41 Å². The number of para-hydroxylation sites is 1. The van der Waals surface area contributed by atoms with Crippen LogP contribution in [0.1, 0.15) is 15.4 Å². The van der Waals surface area contributed by atoms with E-state index in [1.165, 1.54) is 35.6 Å². The summed E-state index contributed by atoms with van der Waals surface area (Å²) in [5, 5.41) is 33.4. The number of rotatable bonds is 5. The summed E-state index contributed by atoms with van der Waals surface area (Å²) in [7, 11) is 0. The number of aliphatic hydroxyl groups excluding tert-OH is 1. The lowest BCUT2D eigenvalue weighted by Gasteiger charge is -2.19. The molecule has 3 aromatic rings. The number of amidine groups is 1. The zero-order chi connectivity index (χ0) is 22.1. The van der Waals surface area contributed by atoms with E-state index in [2.05, 4.69) is 26.3 Å². The highest BCUT2D eigenvalue weighted by atomic mass is 79.9. The Morgan fingerprint density at radius 3 is 2.68 bits per heavy atom. The minimum Gasteiger partial charge on any atom is -0.509 e. The monoisotopic (exact) mass is 499 g/mol. The van der Waals surface area contributed by atoms with Crippen LogP contribution < -0.4 is 5.43 Å². The van der Waals surface area contributed by atoms with Crippen molar-refractivity contribution in [3.8, 4) is 11.3 Å². The van der Waals surface area contributed by atoms with Crippen LogP contribution in [0, 0.1) is 15.5 Å². The van der Waals surface area contributed by atoms with Crippen LogP contribution in [0.5, 0.6) is 0 Å². The number of halogens is 1. The first kappa shape index (κ1) is 20.7. The summed E-state index contributed by atoms with van der Waals surface area (Å²) in [6.45, 7) is -0.145. The molecule has 0 aliphatic carbocycles. The average Bonchev–Trinajstić information content (AvgIpc) is 3.33. The summed E-state index contributed by atoms with van der Waals surface area (Å²) in [4.78, 5) is 27.6. The quantitative estimate of drug-likeness (QED) is 0.352. The van der Waals surface area contributed by atoms with Gasteiger partial charge in [0, 0.05) is 21.5 Å². The molecule has 3 N–H and O–H groups in total.